The van der Waals surface area contributed by atoms with Crippen LogP contribution in [0, 0.1) is 21.4 Å². The second-order valence-corrected chi connectivity index (χ2v) is 11.8. The molecule has 3 aliphatic heterocycles. The average Bonchev–Trinajstić information content (AvgIpc) is 3.49. The van der Waals surface area contributed by atoms with Crippen molar-refractivity contribution in [2.24, 2.45) is 5.10 Å². The number of carbonyl (C=O) groups is 1. The number of fused-ring (bicyclic) bond motifs is 2. The van der Waals surface area contributed by atoms with E-state index in [0.717, 1.165) is 50.5 Å². The summed E-state index contributed by atoms with van der Waals surface area (Å²) in [4.78, 5) is 29.7. The van der Waals surface area contributed by atoms with E-state index in [4.69, 9.17) is 19.3 Å². The Morgan fingerprint density at radius 3 is 2.48 bits per heavy atom. The fraction of sp³-hybridized carbons (Fsp3) is 0.382. The van der Waals surface area contributed by atoms with Gasteiger partial charge in [-0.1, -0.05) is 30.3 Å². The van der Waals surface area contributed by atoms with Crippen molar-refractivity contribution in [3.8, 4) is 17.6 Å². The molecule has 1 fully saturated rings. The third kappa shape index (κ3) is 6.87. The van der Waals surface area contributed by atoms with Crippen LogP contribution in [-0.4, -0.2) is 89.6 Å². The summed E-state index contributed by atoms with van der Waals surface area (Å²) in [6.07, 6.45) is 0.343. The number of morpholine rings is 1. The molecular weight excluding hydrogens is 588 g/mol. The van der Waals surface area contributed by atoms with Crippen molar-refractivity contribution in [3.05, 3.63) is 99.1 Å². The molecule has 0 saturated carbocycles. The van der Waals surface area contributed by atoms with Gasteiger partial charge >= 0.3 is 0 Å². The monoisotopic (exact) mass is 624 g/mol. The maximum Gasteiger partial charge on any atom is 0.269 e. The number of hydrogen-bond acceptors (Lipinski definition) is 10. The van der Waals surface area contributed by atoms with Crippen LogP contribution in [0.3, 0.4) is 0 Å². The van der Waals surface area contributed by atoms with Gasteiger partial charge in [0.15, 0.2) is 17.0 Å². The van der Waals surface area contributed by atoms with Gasteiger partial charge in [-0.25, -0.2) is 5.01 Å². The molecule has 0 spiro atoms. The molecule has 0 aliphatic carbocycles. The van der Waals surface area contributed by atoms with E-state index in [0.29, 0.717) is 41.4 Å². The Morgan fingerprint density at radius 1 is 1.07 bits per heavy atom. The van der Waals surface area contributed by atoms with Crippen LogP contribution in [0.25, 0.3) is 0 Å². The number of ether oxygens (including phenoxy) is 3. The van der Waals surface area contributed by atoms with Gasteiger partial charge in [0.1, 0.15) is 0 Å². The molecule has 1 amide bonds. The van der Waals surface area contributed by atoms with Gasteiger partial charge < -0.3 is 14.2 Å². The van der Waals surface area contributed by atoms with E-state index in [1.807, 2.05) is 24.3 Å². The number of carbonyl (C=O) groups excluding carboxylic acids is 1. The summed E-state index contributed by atoms with van der Waals surface area (Å²) >= 11 is 0. The second kappa shape index (κ2) is 13.7. The summed E-state index contributed by atoms with van der Waals surface area (Å²) < 4.78 is 16.8. The Bertz CT molecular complexity index is 1650. The molecule has 1 atom stereocenters. The van der Waals surface area contributed by atoms with Crippen LogP contribution in [0.2, 0.25) is 0 Å². The SMILES string of the molecule is CC1(C#N)Cc2cc3c(cc2C(c2ccc([N+](=O)[O-])cc2)=NN1C(=O)CCN(CCN1CCOCC1)Cc1ccccc1)OCO3. The van der Waals surface area contributed by atoms with Crippen molar-refractivity contribution in [1.82, 2.24) is 14.8 Å². The Labute approximate surface area is 267 Å². The first-order chi connectivity index (χ1) is 22.3. The standard InChI is InChI=1S/C34H36N6O6/c1-34(23-35)21-27-19-30-31(46-24-45-30)20-29(27)33(26-7-9-28(10-8-26)40(42)43)36-39(34)32(41)11-12-38(22-25-5-3-2-4-6-25)14-13-37-15-17-44-18-16-37/h2-10,19-20H,11-18,21-22,24H2,1H3. The molecule has 1 saturated heterocycles. The zero-order valence-electron chi connectivity index (χ0n) is 25.8. The molecule has 238 valence electrons. The zero-order valence-corrected chi connectivity index (χ0v) is 25.8. The maximum atomic E-state index is 14.1. The van der Waals surface area contributed by atoms with Gasteiger partial charge in [0.2, 0.25) is 12.7 Å². The summed E-state index contributed by atoms with van der Waals surface area (Å²) in [6, 6.07) is 22.2. The molecule has 46 heavy (non-hydrogen) atoms. The fourth-order valence-corrected chi connectivity index (χ4v) is 6.01. The number of rotatable bonds is 10. The molecule has 3 aromatic rings. The lowest BCUT2D eigenvalue weighted by atomic mass is 9.88. The molecular formula is C34H36N6O6. The lowest BCUT2D eigenvalue weighted by Crippen LogP contribution is -2.48. The van der Waals surface area contributed by atoms with Crippen LogP contribution < -0.4 is 9.47 Å². The number of nitrogens with zero attached hydrogens (tertiary/aromatic N) is 6. The van der Waals surface area contributed by atoms with E-state index in [1.54, 1.807) is 25.1 Å². The van der Waals surface area contributed by atoms with E-state index < -0.39 is 10.5 Å². The normalized spacial score (nSPS) is 19.2. The first-order valence-electron chi connectivity index (χ1n) is 15.4. The van der Waals surface area contributed by atoms with Crippen molar-refractivity contribution in [1.29, 1.82) is 5.26 Å². The molecule has 6 rings (SSSR count). The number of amides is 1. The van der Waals surface area contributed by atoms with E-state index in [2.05, 4.69) is 28.0 Å². The molecule has 3 heterocycles. The third-order valence-corrected chi connectivity index (χ3v) is 8.61. The summed E-state index contributed by atoms with van der Waals surface area (Å²) in [6.45, 7) is 7.77. The number of non-ortho nitro benzene ring substituents is 1. The van der Waals surface area contributed by atoms with Gasteiger partial charge in [-0.2, -0.15) is 10.4 Å². The smallest absolute Gasteiger partial charge is 0.269 e. The van der Waals surface area contributed by atoms with Crippen LogP contribution in [0.15, 0.2) is 71.8 Å². The topological polar surface area (TPSA) is 134 Å². The quantitative estimate of drug-likeness (QED) is 0.243. The minimum Gasteiger partial charge on any atom is -0.454 e. The third-order valence-electron chi connectivity index (χ3n) is 8.61. The molecule has 0 aromatic heterocycles. The van der Waals surface area contributed by atoms with Crippen molar-refractivity contribution in [2.45, 2.75) is 31.8 Å². The fourth-order valence-electron chi connectivity index (χ4n) is 6.01. The number of hydrogen-bond donors (Lipinski definition) is 0. The van der Waals surface area contributed by atoms with E-state index >= 15 is 0 Å². The molecule has 3 aliphatic rings. The molecule has 12 nitrogen and oxygen atoms in total. The predicted octanol–water partition coefficient (Wildman–Crippen LogP) is 3.97. The number of nitro benzene ring substituents is 1. The van der Waals surface area contributed by atoms with Gasteiger partial charge in [0.25, 0.3) is 5.69 Å². The lowest BCUT2D eigenvalue weighted by molar-refractivity contribution is -0.384. The molecule has 12 heteroatoms. The largest absolute Gasteiger partial charge is 0.454 e. The van der Waals surface area contributed by atoms with Crippen LogP contribution in [0.5, 0.6) is 11.5 Å². The summed E-state index contributed by atoms with van der Waals surface area (Å²) in [5, 5.41) is 28.0. The highest BCUT2D eigenvalue weighted by molar-refractivity contribution is 6.14. The van der Waals surface area contributed by atoms with E-state index in [9.17, 15) is 20.2 Å². The Morgan fingerprint density at radius 2 is 1.78 bits per heavy atom. The predicted molar refractivity (Wildman–Crippen MR) is 169 cm³/mol. The number of benzene rings is 3. The van der Waals surface area contributed by atoms with Crippen molar-refractivity contribution < 1.29 is 23.9 Å². The summed E-state index contributed by atoms with van der Waals surface area (Å²) in [7, 11) is 0. The lowest BCUT2D eigenvalue weighted by Gasteiger charge is -2.32. The highest BCUT2D eigenvalue weighted by Gasteiger charge is 2.41. The second-order valence-electron chi connectivity index (χ2n) is 11.8. The van der Waals surface area contributed by atoms with E-state index in [-0.39, 0.29) is 31.2 Å². The Kier molecular flexibility index (Phi) is 9.25. The minimum absolute atomic E-state index is 0.0609. The molecule has 1 unspecified atom stereocenters. The number of hydrazone groups is 1. The van der Waals surface area contributed by atoms with Crippen molar-refractivity contribution >= 4 is 17.3 Å². The summed E-state index contributed by atoms with van der Waals surface area (Å²) in [5.41, 5.74) is 2.21. The van der Waals surface area contributed by atoms with Crippen LogP contribution in [0.4, 0.5) is 5.69 Å². The van der Waals surface area contributed by atoms with Crippen molar-refractivity contribution in [2.75, 3.05) is 52.7 Å². The average molecular weight is 625 g/mol. The van der Waals surface area contributed by atoms with Gasteiger partial charge in [-0.15, -0.1) is 0 Å². The molecule has 0 radical (unpaired) electrons. The van der Waals surface area contributed by atoms with Crippen LogP contribution >= 0.6 is 0 Å². The maximum absolute atomic E-state index is 14.1. The summed E-state index contributed by atoms with van der Waals surface area (Å²) in [5.74, 6) is 0.794. The van der Waals surface area contributed by atoms with Gasteiger partial charge in [0, 0.05) is 75.4 Å². The highest BCUT2D eigenvalue weighted by Crippen LogP contribution is 2.39. The zero-order chi connectivity index (χ0) is 32.1. The number of nitro groups is 1. The molecule has 0 bridgehead atoms. The van der Waals surface area contributed by atoms with Crippen molar-refractivity contribution in [3.63, 3.8) is 0 Å². The van der Waals surface area contributed by atoms with Crippen LogP contribution in [0.1, 0.15) is 35.6 Å². The van der Waals surface area contributed by atoms with Gasteiger partial charge in [-0.05, 0) is 42.3 Å². The molecule has 3 aromatic carbocycles. The first-order valence-corrected chi connectivity index (χ1v) is 15.4. The molecule has 0 N–H and O–H groups in total. The van der Waals surface area contributed by atoms with Crippen LogP contribution in [-0.2, 0) is 22.5 Å². The number of nitriles is 1. The highest BCUT2D eigenvalue weighted by atomic mass is 16.7. The van der Waals surface area contributed by atoms with E-state index in [1.165, 1.54) is 17.1 Å². The van der Waals surface area contributed by atoms with Gasteiger partial charge in [-0.3, -0.25) is 24.7 Å². The Balaban J connectivity index is 1.30. The Hall–Kier alpha value is -4.83. The minimum atomic E-state index is -1.31. The van der Waals surface area contributed by atoms with Gasteiger partial charge in [0.05, 0.1) is 29.9 Å². The first kappa shape index (κ1) is 31.2.